The Balaban J connectivity index is 2.06. The minimum absolute atomic E-state index is 0.0185. The van der Waals surface area contributed by atoms with E-state index in [4.69, 9.17) is 5.73 Å². The highest BCUT2D eigenvalue weighted by molar-refractivity contribution is 7.89. The fourth-order valence-corrected chi connectivity index (χ4v) is 3.86. The molecule has 1 aromatic rings. The van der Waals surface area contributed by atoms with Crippen LogP contribution in [0, 0.1) is 17.7 Å². The first-order valence-corrected chi connectivity index (χ1v) is 8.39. The Morgan fingerprint density at radius 2 is 2.15 bits per heavy atom. The van der Waals surface area contributed by atoms with Gasteiger partial charge in [-0.2, -0.15) is 0 Å². The fourth-order valence-electron chi connectivity index (χ4n) is 2.70. The van der Waals surface area contributed by atoms with E-state index in [-0.39, 0.29) is 17.0 Å². The maximum Gasteiger partial charge on any atom is 0.240 e. The van der Waals surface area contributed by atoms with Gasteiger partial charge in [0.05, 0.1) is 4.90 Å². The van der Waals surface area contributed by atoms with Crippen molar-refractivity contribution in [2.45, 2.75) is 37.6 Å². The molecule has 20 heavy (non-hydrogen) atoms. The summed E-state index contributed by atoms with van der Waals surface area (Å²) < 4.78 is 40.3. The van der Waals surface area contributed by atoms with Gasteiger partial charge in [-0.1, -0.05) is 13.3 Å². The maximum absolute atomic E-state index is 13.3. The second kappa shape index (κ2) is 6.20. The predicted molar refractivity (Wildman–Crippen MR) is 76.0 cm³/mol. The van der Waals surface area contributed by atoms with Crippen molar-refractivity contribution in [3.05, 3.63) is 29.6 Å². The number of hydrogen-bond acceptors (Lipinski definition) is 3. The molecule has 2 atom stereocenters. The zero-order valence-electron chi connectivity index (χ0n) is 11.6. The summed E-state index contributed by atoms with van der Waals surface area (Å²) in [6.45, 7) is 2.61. The first-order chi connectivity index (χ1) is 9.42. The summed E-state index contributed by atoms with van der Waals surface area (Å²) >= 11 is 0. The number of sulfonamides is 1. The van der Waals surface area contributed by atoms with Gasteiger partial charge in [0, 0.05) is 18.7 Å². The van der Waals surface area contributed by atoms with Crippen LogP contribution in [0.15, 0.2) is 23.1 Å². The largest absolute Gasteiger partial charge is 0.326 e. The smallest absolute Gasteiger partial charge is 0.240 e. The normalized spacial score (nSPS) is 23.1. The van der Waals surface area contributed by atoms with E-state index in [2.05, 4.69) is 11.6 Å². The Morgan fingerprint density at radius 1 is 1.40 bits per heavy atom. The fraction of sp³-hybridized carbons (Fsp3) is 0.571. The van der Waals surface area contributed by atoms with Crippen molar-refractivity contribution in [1.82, 2.24) is 4.72 Å². The molecule has 1 aliphatic carbocycles. The highest BCUT2D eigenvalue weighted by Gasteiger charge is 2.23. The van der Waals surface area contributed by atoms with Crippen LogP contribution in [0.3, 0.4) is 0 Å². The van der Waals surface area contributed by atoms with Crippen LogP contribution in [0.5, 0.6) is 0 Å². The third kappa shape index (κ3) is 3.56. The molecule has 1 fully saturated rings. The molecule has 0 saturated heterocycles. The van der Waals surface area contributed by atoms with Crippen LogP contribution in [0.1, 0.15) is 31.7 Å². The van der Waals surface area contributed by atoms with Gasteiger partial charge < -0.3 is 5.73 Å². The molecule has 1 aliphatic rings. The van der Waals surface area contributed by atoms with Gasteiger partial charge in [-0.3, -0.25) is 0 Å². The Hall–Kier alpha value is -0.980. The van der Waals surface area contributed by atoms with Crippen LogP contribution in [-0.4, -0.2) is 15.0 Å². The minimum Gasteiger partial charge on any atom is -0.326 e. The van der Waals surface area contributed by atoms with E-state index in [1.807, 2.05) is 0 Å². The highest BCUT2D eigenvalue weighted by Crippen LogP contribution is 2.30. The molecule has 0 aromatic heterocycles. The number of benzene rings is 1. The van der Waals surface area contributed by atoms with Crippen molar-refractivity contribution in [3.8, 4) is 0 Å². The zero-order valence-corrected chi connectivity index (χ0v) is 12.4. The lowest BCUT2D eigenvalue weighted by atomic mass is 10.1. The van der Waals surface area contributed by atoms with Crippen LogP contribution in [-0.2, 0) is 16.6 Å². The Kier molecular flexibility index (Phi) is 4.78. The van der Waals surface area contributed by atoms with Crippen LogP contribution in [0.4, 0.5) is 4.39 Å². The molecule has 2 unspecified atom stereocenters. The molecule has 1 saturated carbocycles. The third-order valence-electron chi connectivity index (χ3n) is 3.91. The summed E-state index contributed by atoms with van der Waals surface area (Å²) in [7, 11) is -3.59. The Bertz CT molecular complexity index is 575. The number of nitrogens with one attached hydrogen (secondary N) is 1. The molecule has 4 nitrogen and oxygen atoms in total. The van der Waals surface area contributed by atoms with E-state index >= 15 is 0 Å². The van der Waals surface area contributed by atoms with Gasteiger partial charge in [0.25, 0.3) is 0 Å². The van der Waals surface area contributed by atoms with Crippen LogP contribution < -0.4 is 10.5 Å². The van der Waals surface area contributed by atoms with Crippen molar-refractivity contribution in [3.63, 3.8) is 0 Å². The maximum atomic E-state index is 13.3. The highest BCUT2D eigenvalue weighted by atomic mass is 32.2. The van der Waals surface area contributed by atoms with Crippen LogP contribution in [0.2, 0.25) is 0 Å². The van der Waals surface area contributed by atoms with Gasteiger partial charge >= 0.3 is 0 Å². The van der Waals surface area contributed by atoms with E-state index in [1.54, 1.807) is 0 Å². The first kappa shape index (κ1) is 15.4. The van der Waals surface area contributed by atoms with E-state index in [0.717, 1.165) is 25.3 Å². The van der Waals surface area contributed by atoms with Crippen molar-refractivity contribution >= 4 is 10.0 Å². The van der Waals surface area contributed by atoms with Gasteiger partial charge in [-0.15, -0.1) is 0 Å². The average Bonchev–Trinajstić information content (AvgIpc) is 2.83. The molecule has 2 rings (SSSR count). The number of nitrogens with two attached hydrogens (primary N) is 1. The third-order valence-corrected chi connectivity index (χ3v) is 5.33. The molecule has 0 aliphatic heterocycles. The molecule has 1 aromatic carbocycles. The summed E-state index contributed by atoms with van der Waals surface area (Å²) in [4.78, 5) is 0.0744. The lowest BCUT2D eigenvalue weighted by molar-refractivity contribution is 0.498. The second-order valence-electron chi connectivity index (χ2n) is 5.59. The molecule has 6 heteroatoms. The molecule has 0 heterocycles. The van der Waals surface area contributed by atoms with Crippen molar-refractivity contribution < 1.29 is 12.8 Å². The quantitative estimate of drug-likeness (QED) is 0.873. The molecular weight excluding hydrogens is 279 g/mol. The second-order valence-corrected chi connectivity index (χ2v) is 7.36. The van der Waals surface area contributed by atoms with Gasteiger partial charge in [0.1, 0.15) is 5.82 Å². The number of rotatable bonds is 5. The summed E-state index contributed by atoms with van der Waals surface area (Å²) in [5.74, 6) is 0.587. The van der Waals surface area contributed by atoms with Crippen molar-refractivity contribution in [2.75, 3.05) is 6.54 Å². The predicted octanol–water partition coefficient (Wildman–Crippen LogP) is 2.00. The van der Waals surface area contributed by atoms with Crippen LogP contribution in [0.25, 0.3) is 0 Å². The first-order valence-electron chi connectivity index (χ1n) is 6.90. The molecular formula is C14H21FN2O2S. The molecule has 0 bridgehead atoms. The summed E-state index contributed by atoms with van der Waals surface area (Å²) in [5.41, 5.74) is 5.61. The SMILES string of the molecule is CC1CCC(CNS(=O)(=O)c2ccc(F)c(CN)c2)C1. The standard InChI is InChI=1S/C14H21FN2O2S/c1-10-2-3-11(6-10)9-17-20(18,19)13-4-5-14(15)12(7-13)8-16/h4-5,7,10-11,17H,2-3,6,8-9,16H2,1H3. The van der Waals surface area contributed by atoms with Gasteiger partial charge in [0.2, 0.25) is 10.0 Å². The molecule has 0 amide bonds. The Morgan fingerprint density at radius 3 is 2.75 bits per heavy atom. The van der Waals surface area contributed by atoms with Gasteiger partial charge in [-0.05, 0) is 42.9 Å². The van der Waals surface area contributed by atoms with E-state index in [0.29, 0.717) is 18.4 Å². The van der Waals surface area contributed by atoms with Gasteiger partial charge in [-0.25, -0.2) is 17.5 Å². The summed E-state index contributed by atoms with van der Waals surface area (Å²) in [6, 6.07) is 3.72. The van der Waals surface area contributed by atoms with E-state index in [1.165, 1.54) is 12.1 Å². The van der Waals surface area contributed by atoms with Crippen molar-refractivity contribution in [1.29, 1.82) is 0 Å². The van der Waals surface area contributed by atoms with Crippen LogP contribution >= 0.6 is 0 Å². The monoisotopic (exact) mass is 300 g/mol. The molecule has 3 N–H and O–H groups in total. The molecule has 0 radical (unpaired) electrons. The number of hydrogen-bond donors (Lipinski definition) is 2. The molecule has 112 valence electrons. The average molecular weight is 300 g/mol. The minimum atomic E-state index is -3.59. The topological polar surface area (TPSA) is 72.2 Å². The number of halogens is 1. The van der Waals surface area contributed by atoms with Crippen molar-refractivity contribution in [2.24, 2.45) is 17.6 Å². The summed E-state index contributed by atoms with van der Waals surface area (Å²) in [6.07, 6.45) is 3.27. The zero-order chi connectivity index (χ0) is 14.8. The summed E-state index contributed by atoms with van der Waals surface area (Å²) in [5, 5.41) is 0. The van der Waals surface area contributed by atoms with E-state index in [9.17, 15) is 12.8 Å². The van der Waals surface area contributed by atoms with Gasteiger partial charge in [0.15, 0.2) is 0 Å². The van der Waals surface area contributed by atoms with E-state index < -0.39 is 15.8 Å². The lowest BCUT2D eigenvalue weighted by Crippen LogP contribution is -2.28. The Labute approximate surface area is 119 Å². The molecule has 0 spiro atoms. The lowest BCUT2D eigenvalue weighted by Gasteiger charge is -2.12.